The Morgan fingerprint density at radius 2 is 1.56 bits per heavy atom. The van der Waals surface area contributed by atoms with Crippen molar-refractivity contribution in [1.82, 2.24) is 4.90 Å². The van der Waals surface area contributed by atoms with Gasteiger partial charge in [-0.1, -0.05) is 0 Å². The van der Waals surface area contributed by atoms with Crippen LogP contribution < -0.4 is 10.1 Å². The van der Waals surface area contributed by atoms with Crippen LogP contribution in [0.5, 0.6) is 5.75 Å². The molecule has 1 heterocycles. The van der Waals surface area contributed by atoms with Crippen LogP contribution in [0.2, 0.25) is 0 Å². The van der Waals surface area contributed by atoms with Gasteiger partial charge in [0.25, 0.3) is 11.8 Å². The number of likely N-dealkylation sites (tertiary alicyclic amines) is 1. The van der Waals surface area contributed by atoms with Gasteiger partial charge in [0.2, 0.25) is 0 Å². The van der Waals surface area contributed by atoms with Crippen molar-refractivity contribution >= 4 is 17.5 Å². The molecule has 0 saturated carbocycles. The van der Waals surface area contributed by atoms with Gasteiger partial charge in [-0.25, -0.2) is 0 Å². The van der Waals surface area contributed by atoms with Gasteiger partial charge in [-0.05, 0) is 68.3 Å². The van der Waals surface area contributed by atoms with E-state index in [0.29, 0.717) is 23.4 Å². The smallest absolute Gasteiger partial charge is 0.255 e. The zero-order valence-corrected chi connectivity index (χ0v) is 14.3. The molecular weight excluding hydrogens is 316 g/mol. The second kappa shape index (κ2) is 7.83. The highest BCUT2D eigenvalue weighted by molar-refractivity contribution is 6.04. The quantitative estimate of drug-likeness (QED) is 0.906. The summed E-state index contributed by atoms with van der Waals surface area (Å²) in [5, 5.41) is 2.84. The summed E-state index contributed by atoms with van der Waals surface area (Å²) in [4.78, 5) is 26.5. The summed E-state index contributed by atoms with van der Waals surface area (Å²) in [6.45, 7) is 4.16. The molecule has 1 N–H and O–H groups in total. The number of carbonyl (C=O) groups is 2. The van der Waals surface area contributed by atoms with Crippen LogP contribution >= 0.6 is 0 Å². The molecule has 130 valence electrons. The first-order valence-corrected chi connectivity index (χ1v) is 8.61. The first-order valence-electron chi connectivity index (χ1n) is 8.61. The van der Waals surface area contributed by atoms with Crippen LogP contribution in [0.3, 0.4) is 0 Å². The van der Waals surface area contributed by atoms with Crippen LogP contribution in [0, 0.1) is 0 Å². The lowest BCUT2D eigenvalue weighted by molar-refractivity contribution is 0.0792. The molecule has 0 unspecified atom stereocenters. The Morgan fingerprint density at radius 3 is 2.16 bits per heavy atom. The maximum absolute atomic E-state index is 12.3. The third-order valence-corrected chi connectivity index (χ3v) is 4.21. The van der Waals surface area contributed by atoms with Gasteiger partial charge < -0.3 is 15.0 Å². The highest BCUT2D eigenvalue weighted by Gasteiger charge is 2.19. The van der Waals surface area contributed by atoms with Gasteiger partial charge in [0.1, 0.15) is 5.75 Å². The first-order chi connectivity index (χ1) is 12.2. The number of carbonyl (C=O) groups excluding carboxylic acids is 2. The lowest BCUT2D eigenvalue weighted by Gasteiger charge is -2.15. The van der Waals surface area contributed by atoms with Gasteiger partial charge >= 0.3 is 0 Å². The molecule has 1 saturated heterocycles. The molecule has 0 radical (unpaired) electrons. The van der Waals surface area contributed by atoms with E-state index in [1.807, 2.05) is 11.8 Å². The van der Waals surface area contributed by atoms with Gasteiger partial charge in [-0.3, -0.25) is 9.59 Å². The largest absolute Gasteiger partial charge is 0.494 e. The van der Waals surface area contributed by atoms with E-state index < -0.39 is 0 Å². The Balaban J connectivity index is 1.62. The Labute approximate surface area is 147 Å². The fraction of sp³-hybridized carbons (Fsp3) is 0.300. The van der Waals surface area contributed by atoms with E-state index in [-0.39, 0.29) is 11.8 Å². The van der Waals surface area contributed by atoms with E-state index in [1.54, 1.807) is 48.5 Å². The van der Waals surface area contributed by atoms with Crippen molar-refractivity contribution < 1.29 is 14.3 Å². The Morgan fingerprint density at radius 1 is 0.960 bits per heavy atom. The Kier molecular flexibility index (Phi) is 5.33. The average Bonchev–Trinajstić information content (AvgIpc) is 3.17. The van der Waals surface area contributed by atoms with E-state index in [2.05, 4.69) is 5.32 Å². The number of nitrogens with zero attached hydrogens (tertiary/aromatic N) is 1. The third kappa shape index (κ3) is 4.18. The highest BCUT2D eigenvalue weighted by atomic mass is 16.5. The average molecular weight is 338 g/mol. The molecule has 25 heavy (non-hydrogen) atoms. The van der Waals surface area contributed by atoms with E-state index in [1.165, 1.54) is 0 Å². The summed E-state index contributed by atoms with van der Waals surface area (Å²) in [6.07, 6.45) is 2.14. The summed E-state index contributed by atoms with van der Waals surface area (Å²) < 4.78 is 5.37. The molecule has 0 atom stereocenters. The molecule has 5 heteroatoms. The number of rotatable bonds is 5. The molecule has 0 aliphatic carbocycles. The SMILES string of the molecule is CCOc1ccc(C(=O)Nc2ccc(C(=O)N3CCCC3)cc2)cc1. The summed E-state index contributed by atoms with van der Waals surface area (Å²) in [6, 6.07) is 14.0. The number of nitrogens with one attached hydrogen (secondary N) is 1. The van der Waals surface area contributed by atoms with E-state index in [0.717, 1.165) is 31.7 Å². The monoisotopic (exact) mass is 338 g/mol. The van der Waals surface area contributed by atoms with E-state index >= 15 is 0 Å². The molecule has 5 nitrogen and oxygen atoms in total. The van der Waals surface area contributed by atoms with Gasteiger partial charge in [-0.15, -0.1) is 0 Å². The number of hydrogen-bond acceptors (Lipinski definition) is 3. The van der Waals surface area contributed by atoms with Crippen LogP contribution in [0.25, 0.3) is 0 Å². The zero-order chi connectivity index (χ0) is 17.6. The normalized spacial score (nSPS) is 13.6. The summed E-state index contributed by atoms with van der Waals surface area (Å²) >= 11 is 0. The summed E-state index contributed by atoms with van der Waals surface area (Å²) in [5.41, 5.74) is 1.87. The second-order valence-corrected chi connectivity index (χ2v) is 5.99. The fourth-order valence-corrected chi connectivity index (χ4v) is 2.87. The minimum absolute atomic E-state index is 0.0573. The minimum atomic E-state index is -0.193. The van der Waals surface area contributed by atoms with Crippen molar-refractivity contribution in [3.8, 4) is 5.75 Å². The summed E-state index contributed by atoms with van der Waals surface area (Å²) in [5.74, 6) is 0.604. The Bertz CT molecular complexity index is 733. The standard InChI is InChI=1S/C20H22N2O3/c1-2-25-18-11-7-15(8-12-18)19(23)21-17-9-5-16(6-10-17)20(24)22-13-3-4-14-22/h5-12H,2-4,13-14H2,1H3,(H,21,23). The number of hydrogen-bond donors (Lipinski definition) is 1. The van der Waals surface area contributed by atoms with Crippen molar-refractivity contribution in [3.05, 3.63) is 59.7 Å². The molecule has 2 aromatic rings. The molecule has 0 spiro atoms. The molecule has 3 rings (SSSR count). The molecule has 2 amide bonds. The maximum atomic E-state index is 12.3. The summed E-state index contributed by atoms with van der Waals surface area (Å²) in [7, 11) is 0. The van der Waals surface area contributed by atoms with Gasteiger partial charge in [-0.2, -0.15) is 0 Å². The van der Waals surface area contributed by atoms with Crippen molar-refractivity contribution in [1.29, 1.82) is 0 Å². The van der Waals surface area contributed by atoms with Crippen molar-refractivity contribution in [3.63, 3.8) is 0 Å². The van der Waals surface area contributed by atoms with Crippen LogP contribution in [-0.2, 0) is 0 Å². The van der Waals surface area contributed by atoms with Gasteiger partial charge in [0.05, 0.1) is 6.61 Å². The number of anilines is 1. The molecule has 0 bridgehead atoms. The van der Waals surface area contributed by atoms with Crippen molar-refractivity contribution in [2.24, 2.45) is 0 Å². The lowest BCUT2D eigenvalue weighted by atomic mass is 10.1. The predicted molar refractivity (Wildman–Crippen MR) is 97.1 cm³/mol. The van der Waals surface area contributed by atoms with Crippen LogP contribution in [-0.4, -0.2) is 36.4 Å². The van der Waals surface area contributed by atoms with Crippen molar-refractivity contribution in [2.45, 2.75) is 19.8 Å². The molecular formula is C20H22N2O3. The lowest BCUT2D eigenvalue weighted by Crippen LogP contribution is -2.27. The van der Waals surface area contributed by atoms with Gasteiger partial charge in [0, 0.05) is 29.9 Å². The van der Waals surface area contributed by atoms with E-state index in [4.69, 9.17) is 4.74 Å². The van der Waals surface area contributed by atoms with Crippen LogP contribution in [0.1, 0.15) is 40.5 Å². The first kappa shape index (κ1) is 17.0. The maximum Gasteiger partial charge on any atom is 0.255 e. The van der Waals surface area contributed by atoms with Crippen molar-refractivity contribution in [2.75, 3.05) is 25.0 Å². The topological polar surface area (TPSA) is 58.6 Å². The fourth-order valence-electron chi connectivity index (χ4n) is 2.87. The van der Waals surface area contributed by atoms with E-state index in [9.17, 15) is 9.59 Å². The van der Waals surface area contributed by atoms with Gasteiger partial charge in [0.15, 0.2) is 0 Å². The molecule has 0 aromatic heterocycles. The zero-order valence-electron chi connectivity index (χ0n) is 14.3. The highest BCUT2D eigenvalue weighted by Crippen LogP contribution is 2.17. The second-order valence-electron chi connectivity index (χ2n) is 5.99. The molecule has 1 fully saturated rings. The van der Waals surface area contributed by atoms with Crippen LogP contribution in [0.15, 0.2) is 48.5 Å². The number of benzene rings is 2. The molecule has 2 aromatic carbocycles. The predicted octanol–water partition coefficient (Wildman–Crippen LogP) is 3.57. The molecule has 1 aliphatic heterocycles. The number of amides is 2. The number of ether oxygens (including phenoxy) is 1. The minimum Gasteiger partial charge on any atom is -0.494 e. The van der Waals surface area contributed by atoms with Crippen LogP contribution in [0.4, 0.5) is 5.69 Å². The Hall–Kier alpha value is -2.82. The third-order valence-electron chi connectivity index (χ3n) is 4.21. The molecule has 1 aliphatic rings.